The Kier molecular flexibility index (Phi) is 7.86. The molecule has 0 bridgehead atoms. The van der Waals surface area contributed by atoms with E-state index in [1.165, 1.54) is 0 Å². The second-order valence-corrected chi connectivity index (χ2v) is 6.73. The van der Waals surface area contributed by atoms with Gasteiger partial charge in [-0.25, -0.2) is 9.59 Å². The molecule has 0 spiro atoms. The fourth-order valence-electron chi connectivity index (χ4n) is 2.21. The van der Waals surface area contributed by atoms with Gasteiger partial charge >= 0.3 is 18.2 Å². The number of hydrogen-bond donors (Lipinski definition) is 1. The van der Waals surface area contributed by atoms with Gasteiger partial charge in [-0.2, -0.15) is 13.2 Å². The number of halogens is 4. The molecule has 0 saturated heterocycles. The predicted octanol–water partition coefficient (Wildman–Crippen LogP) is 4.39. The Balaban J connectivity index is 2.00. The number of esters is 1. The third kappa shape index (κ3) is 7.99. The second-order valence-electron chi connectivity index (χ2n) is 5.81. The van der Waals surface area contributed by atoms with Crippen molar-refractivity contribution < 1.29 is 32.2 Å². The number of ether oxygens (including phenoxy) is 2. The highest BCUT2D eigenvalue weighted by Crippen LogP contribution is 2.16. The molecule has 150 valence electrons. The zero-order valence-electron chi connectivity index (χ0n) is 14.5. The lowest BCUT2D eigenvalue weighted by Gasteiger charge is -2.18. The van der Waals surface area contributed by atoms with Gasteiger partial charge in [0.2, 0.25) is 0 Å². The summed E-state index contributed by atoms with van der Waals surface area (Å²) in [7, 11) is 0. The standard InChI is InChI=1S/C19H17BrF3NO4/c20-15-8-6-13(7-9-15)10-16(17(25)28-12-19(21,22)23)24-18(26)27-11-14-4-2-1-3-5-14/h1-9,16H,10-12H2,(H,24,26). The lowest BCUT2D eigenvalue weighted by molar-refractivity contribution is -0.187. The molecule has 2 aromatic carbocycles. The maximum absolute atomic E-state index is 12.3. The average Bonchev–Trinajstić information content (AvgIpc) is 2.66. The van der Waals surface area contributed by atoms with E-state index in [0.717, 1.165) is 10.0 Å². The molecule has 9 heteroatoms. The van der Waals surface area contributed by atoms with Gasteiger partial charge in [0.25, 0.3) is 0 Å². The molecule has 0 aliphatic rings. The van der Waals surface area contributed by atoms with Gasteiger partial charge in [0.1, 0.15) is 12.6 Å². The number of alkyl carbamates (subject to hydrolysis) is 1. The van der Waals surface area contributed by atoms with Crippen LogP contribution in [0.3, 0.4) is 0 Å². The van der Waals surface area contributed by atoms with Crippen LogP contribution < -0.4 is 5.32 Å². The Morgan fingerprint density at radius 1 is 0.964 bits per heavy atom. The molecule has 1 unspecified atom stereocenters. The molecule has 2 aromatic rings. The molecular formula is C19H17BrF3NO4. The van der Waals surface area contributed by atoms with Crippen LogP contribution in [0, 0.1) is 0 Å². The third-order valence-corrected chi connectivity index (χ3v) is 4.05. The van der Waals surface area contributed by atoms with Crippen molar-refractivity contribution in [1.82, 2.24) is 5.32 Å². The maximum atomic E-state index is 12.3. The zero-order valence-corrected chi connectivity index (χ0v) is 16.1. The first-order valence-electron chi connectivity index (χ1n) is 8.18. The molecule has 0 aromatic heterocycles. The molecule has 28 heavy (non-hydrogen) atoms. The maximum Gasteiger partial charge on any atom is 0.422 e. The SMILES string of the molecule is O=C(NC(Cc1ccc(Br)cc1)C(=O)OCC(F)(F)F)OCc1ccccc1. The van der Waals surface area contributed by atoms with Crippen molar-refractivity contribution in [3.63, 3.8) is 0 Å². The molecule has 0 radical (unpaired) electrons. The van der Waals surface area contributed by atoms with Gasteiger partial charge in [0, 0.05) is 10.9 Å². The van der Waals surface area contributed by atoms with Crippen molar-refractivity contribution in [2.75, 3.05) is 6.61 Å². The Morgan fingerprint density at radius 3 is 2.21 bits per heavy atom. The van der Waals surface area contributed by atoms with E-state index >= 15 is 0 Å². The van der Waals surface area contributed by atoms with E-state index < -0.39 is 30.9 Å². The average molecular weight is 460 g/mol. The molecule has 1 atom stereocenters. The van der Waals surface area contributed by atoms with E-state index in [2.05, 4.69) is 26.0 Å². The van der Waals surface area contributed by atoms with Crippen LogP contribution in [0.2, 0.25) is 0 Å². The van der Waals surface area contributed by atoms with Crippen LogP contribution >= 0.6 is 15.9 Å². The molecule has 0 saturated carbocycles. The molecule has 1 N–H and O–H groups in total. The minimum atomic E-state index is -4.66. The second kappa shape index (κ2) is 10.1. The summed E-state index contributed by atoms with van der Waals surface area (Å²) in [5.41, 5.74) is 1.35. The van der Waals surface area contributed by atoms with Crippen LogP contribution in [0.15, 0.2) is 59.1 Å². The number of rotatable bonds is 7. The number of alkyl halides is 3. The summed E-state index contributed by atoms with van der Waals surface area (Å²) in [5, 5.41) is 2.27. The summed E-state index contributed by atoms with van der Waals surface area (Å²) in [4.78, 5) is 24.1. The van der Waals surface area contributed by atoms with Gasteiger partial charge in [0.15, 0.2) is 6.61 Å². The predicted molar refractivity (Wildman–Crippen MR) is 98.4 cm³/mol. The fraction of sp³-hybridized carbons (Fsp3) is 0.263. The highest BCUT2D eigenvalue weighted by atomic mass is 79.9. The first-order valence-corrected chi connectivity index (χ1v) is 8.97. The first kappa shape index (κ1) is 21.7. The van der Waals surface area contributed by atoms with Crippen LogP contribution in [-0.2, 0) is 27.3 Å². The molecule has 1 amide bonds. The molecule has 2 rings (SSSR count). The monoisotopic (exact) mass is 459 g/mol. The summed E-state index contributed by atoms with van der Waals surface area (Å²) in [6.45, 7) is -1.78. The smallest absolute Gasteiger partial charge is 0.422 e. The minimum Gasteiger partial charge on any atom is -0.454 e. The summed E-state index contributed by atoms with van der Waals surface area (Å²) in [5.74, 6) is -1.20. The van der Waals surface area contributed by atoms with Crippen LogP contribution in [0.5, 0.6) is 0 Å². The summed E-state index contributed by atoms with van der Waals surface area (Å²) in [6, 6.07) is 14.2. The zero-order chi connectivity index (χ0) is 20.6. The molecular weight excluding hydrogens is 443 g/mol. The van der Waals surface area contributed by atoms with E-state index in [0.29, 0.717) is 5.56 Å². The largest absolute Gasteiger partial charge is 0.454 e. The van der Waals surface area contributed by atoms with E-state index in [9.17, 15) is 22.8 Å². The van der Waals surface area contributed by atoms with Gasteiger partial charge in [-0.1, -0.05) is 58.4 Å². The van der Waals surface area contributed by atoms with Crippen molar-refractivity contribution in [1.29, 1.82) is 0 Å². The number of amides is 1. The van der Waals surface area contributed by atoms with E-state index in [1.807, 2.05) is 0 Å². The third-order valence-electron chi connectivity index (χ3n) is 3.52. The lowest BCUT2D eigenvalue weighted by atomic mass is 10.1. The van der Waals surface area contributed by atoms with Gasteiger partial charge in [0.05, 0.1) is 0 Å². The Hall–Kier alpha value is -2.55. The Bertz CT molecular complexity index is 782. The van der Waals surface area contributed by atoms with E-state index in [1.54, 1.807) is 54.6 Å². The summed E-state index contributed by atoms with van der Waals surface area (Å²) >= 11 is 3.26. The van der Waals surface area contributed by atoms with Crippen molar-refractivity contribution >= 4 is 28.0 Å². The number of nitrogens with one attached hydrogen (secondary N) is 1. The minimum absolute atomic E-state index is 0.0464. The van der Waals surface area contributed by atoms with Gasteiger partial charge < -0.3 is 14.8 Å². The highest BCUT2D eigenvalue weighted by molar-refractivity contribution is 9.10. The number of carbonyl (C=O) groups is 2. The van der Waals surface area contributed by atoms with Crippen LogP contribution in [0.4, 0.5) is 18.0 Å². The molecule has 0 aliphatic heterocycles. The van der Waals surface area contributed by atoms with E-state index in [4.69, 9.17) is 4.74 Å². The summed E-state index contributed by atoms with van der Waals surface area (Å²) < 4.78 is 47.1. The Morgan fingerprint density at radius 2 is 1.61 bits per heavy atom. The molecule has 0 heterocycles. The van der Waals surface area contributed by atoms with E-state index in [-0.39, 0.29) is 13.0 Å². The Labute approximate surface area is 168 Å². The van der Waals surface area contributed by atoms with Gasteiger partial charge in [-0.15, -0.1) is 0 Å². The van der Waals surface area contributed by atoms with Crippen LogP contribution in [0.25, 0.3) is 0 Å². The normalized spacial score (nSPS) is 12.1. The van der Waals surface area contributed by atoms with Crippen LogP contribution in [-0.4, -0.2) is 30.9 Å². The molecule has 0 fully saturated rings. The van der Waals surface area contributed by atoms with Gasteiger partial charge in [-0.3, -0.25) is 0 Å². The van der Waals surface area contributed by atoms with Crippen molar-refractivity contribution in [2.24, 2.45) is 0 Å². The van der Waals surface area contributed by atoms with Crippen LogP contribution in [0.1, 0.15) is 11.1 Å². The van der Waals surface area contributed by atoms with Crippen molar-refractivity contribution in [2.45, 2.75) is 25.2 Å². The number of benzene rings is 2. The van der Waals surface area contributed by atoms with Gasteiger partial charge in [-0.05, 0) is 23.3 Å². The number of hydrogen-bond acceptors (Lipinski definition) is 4. The fourth-order valence-corrected chi connectivity index (χ4v) is 2.47. The first-order chi connectivity index (χ1) is 13.2. The number of carbonyl (C=O) groups excluding carboxylic acids is 2. The molecule has 0 aliphatic carbocycles. The van der Waals surface area contributed by atoms with Crippen molar-refractivity contribution in [3.8, 4) is 0 Å². The topological polar surface area (TPSA) is 64.6 Å². The summed E-state index contributed by atoms with van der Waals surface area (Å²) in [6.07, 6.45) is -5.65. The molecule has 5 nitrogen and oxygen atoms in total. The highest BCUT2D eigenvalue weighted by Gasteiger charge is 2.32. The van der Waals surface area contributed by atoms with Crippen molar-refractivity contribution in [3.05, 3.63) is 70.2 Å². The lowest BCUT2D eigenvalue weighted by Crippen LogP contribution is -2.44. The quantitative estimate of drug-likeness (QED) is 0.623.